The molecule has 9 aromatic rings. The van der Waals surface area contributed by atoms with Gasteiger partial charge in [-0.3, -0.25) is 9.97 Å². The van der Waals surface area contributed by atoms with Gasteiger partial charge in [-0.15, -0.1) is 0 Å². The Morgan fingerprint density at radius 2 is 1.07 bits per heavy atom. The van der Waals surface area contributed by atoms with E-state index < -0.39 is 30.4 Å². The monoisotopic (exact) mass is 1020 g/mol. The van der Waals surface area contributed by atoms with Crippen LogP contribution >= 0.6 is 0 Å². The molecule has 6 N–H and O–H groups in total. The van der Waals surface area contributed by atoms with Crippen molar-refractivity contribution in [1.29, 1.82) is 0 Å². The Hall–Kier alpha value is -8.44. The second-order valence-corrected chi connectivity index (χ2v) is 17.7. The molecule has 0 atom stereocenters. The molecule has 2 fully saturated rings. The molecule has 2 saturated heterocycles. The van der Waals surface area contributed by atoms with Gasteiger partial charge in [0.05, 0.1) is 99.5 Å². The van der Waals surface area contributed by atoms with Crippen molar-refractivity contribution in [3.63, 3.8) is 0 Å². The lowest BCUT2D eigenvalue weighted by Crippen LogP contribution is -2.38. The molecule has 0 aliphatic carbocycles. The summed E-state index contributed by atoms with van der Waals surface area (Å²) in [5.41, 5.74) is 13.6. The molecule has 0 bridgehead atoms. The van der Waals surface area contributed by atoms with Gasteiger partial charge in [0.1, 0.15) is 23.3 Å². The Morgan fingerprint density at radius 3 is 1.53 bits per heavy atom. The number of benzene rings is 2. The normalized spacial score (nSPS) is 13.7. The van der Waals surface area contributed by atoms with Gasteiger partial charge in [0.2, 0.25) is 5.95 Å². The minimum absolute atomic E-state index is 0.103. The van der Waals surface area contributed by atoms with E-state index in [1.165, 1.54) is 18.3 Å². The van der Waals surface area contributed by atoms with E-state index in [4.69, 9.17) is 20.2 Å². The molecule has 75 heavy (non-hydrogen) atoms. The molecule has 0 amide bonds. The summed E-state index contributed by atoms with van der Waals surface area (Å²) in [6.07, 6.45) is 6.38. The summed E-state index contributed by atoms with van der Waals surface area (Å²) in [4.78, 5) is 39.8. The Bertz CT molecular complexity index is 3560. The highest BCUT2D eigenvalue weighted by molar-refractivity contribution is 6.58. The highest BCUT2D eigenvalue weighted by Gasteiger charge is 2.26. The van der Waals surface area contributed by atoms with E-state index in [1.807, 2.05) is 43.0 Å². The van der Waals surface area contributed by atoms with E-state index in [0.29, 0.717) is 138 Å². The van der Waals surface area contributed by atoms with Crippen molar-refractivity contribution in [1.82, 2.24) is 39.9 Å². The molecule has 2 aromatic carbocycles. The zero-order valence-electron chi connectivity index (χ0n) is 40.8. The topological polar surface area (TPSA) is 219 Å². The molecular formula is C53H48BF4N13O4. The smallest absolute Gasteiger partial charge is 0.423 e. The third-order valence-electron chi connectivity index (χ3n) is 12.7. The third-order valence-corrected chi connectivity index (χ3v) is 12.7. The summed E-state index contributed by atoms with van der Waals surface area (Å²) in [6.45, 7) is 10.0. The summed E-state index contributed by atoms with van der Waals surface area (Å²) in [6, 6.07) is 20.1. The number of rotatable bonds is 10. The lowest BCUT2D eigenvalue weighted by atomic mass is 9.81. The van der Waals surface area contributed by atoms with Crippen molar-refractivity contribution in [3.05, 3.63) is 144 Å². The minimum atomic E-state index is -1.74. The maximum Gasteiger partial charge on any atom is 0.490 e. The van der Waals surface area contributed by atoms with Gasteiger partial charge in [-0.25, -0.2) is 47.5 Å². The number of halogens is 4. The Labute approximate surface area is 427 Å². The standard InChI is InChI=1S/C29H26F2N8O.C24H22BF2N5O3/c1-16-11-22(38-29(32)35-16)18-12-24(28(34-15-18)39-7-9-40-10-8-39)37-27-17(2)26(21-5-3-4-6-33-21)36-23-14-19(30)13-20(31)25(23)27;1-14-22(18-4-2-3-5-28-18)30-19-12-16(26)11-17(27)21(19)23(14)31-20-10-15(25(33)34)13-29-24(20)32-6-8-35-9-7-32/h3-6,11-15H,7-10H2,1-2H3,(H,36,37)(H2,32,35,38);2-5,10-13,33-34H,6-9H2,1H3,(H,30,31). The maximum absolute atomic E-state index is 15.4. The van der Waals surface area contributed by atoms with Crippen molar-refractivity contribution in [2.45, 2.75) is 20.8 Å². The number of nitrogens with zero attached hydrogens (tertiary/aromatic N) is 10. The Kier molecular flexibility index (Phi) is 14.4. The zero-order valence-corrected chi connectivity index (χ0v) is 40.8. The first kappa shape index (κ1) is 50.1. The molecule has 2 aliphatic rings. The van der Waals surface area contributed by atoms with E-state index in [-0.39, 0.29) is 33.2 Å². The van der Waals surface area contributed by atoms with Crippen molar-refractivity contribution < 1.29 is 37.1 Å². The quantitative estimate of drug-likeness (QED) is 0.0653. The van der Waals surface area contributed by atoms with Gasteiger partial charge in [0, 0.05) is 103 Å². The van der Waals surface area contributed by atoms with Crippen molar-refractivity contribution in [2.75, 3.05) is 78.8 Å². The second kappa shape index (κ2) is 21.6. The van der Waals surface area contributed by atoms with Crippen LogP contribution in [0.4, 0.5) is 57.9 Å². The van der Waals surface area contributed by atoms with Crippen LogP contribution in [-0.2, 0) is 9.47 Å². The molecular weight excluding hydrogens is 969 g/mol. The van der Waals surface area contributed by atoms with Gasteiger partial charge in [0.25, 0.3) is 0 Å². The Balaban J connectivity index is 0.000000173. The molecule has 0 saturated carbocycles. The van der Waals surface area contributed by atoms with Gasteiger partial charge >= 0.3 is 7.12 Å². The second-order valence-electron chi connectivity index (χ2n) is 17.7. The lowest BCUT2D eigenvalue weighted by Gasteiger charge is -2.30. The Morgan fingerprint density at radius 1 is 0.573 bits per heavy atom. The van der Waals surface area contributed by atoms with Crippen LogP contribution in [0.2, 0.25) is 0 Å². The number of hydrogen-bond acceptors (Lipinski definition) is 17. The fourth-order valence-corrected chi connectivity index (χ4v) is 9.09. The highest BCUT2D eigenvalue weighted by atomic mass is 19.1. The highest BCUT2D eigenvalue weighted by Crippen LogP contribution is 2.41. The van der Waals surface area contributed by atoms with Gasteiger partial charge in [-0.1, -0.05) is 12.1 Å². The van der Waals surface area contributed by atoms with Gasteiger partial charge in [-0.2, -0.15) is 0 Å². The SMILES string of the molecule is Cc1c(-c2ccccn2)nc2cc(F)cc(F)c2c1Nc1cc(B(O)O)cnc1N1CCOCC1.Cc1cc(-c2cnc(N3CCOCC3)c(Nc3c(C)c(-c4ccccn4)nc4cc(F)cc(F)c34)c2)nc(N)n1. The molecule has 0 radical (unpaired) electrons. The number of anilines is 7. The molecule has 7 aromatic heterocycles. The first-order valence-corrected chi connectivity index (χ1v) is 23.9. The average molecular weight is 1020 g/mol. The largest absolute Gasteiger partial charge is 0.490 e. The fraction of sp³-hybridized carbons (Fsp3) is 0.208. The maximum atomic E-state index is 15.4. The molecule has 380 valence electrons. The first-order chi connectivity index (χ1) is 36.3. The van der Waals surface area contributed by atoms with E-state index in [2.05, 4.69) is 50.4 Å². The lowest BCUT2D eigenvalue weighted by molar-refractivity contribution is 0.122. The van der Waals surface area contributed by atoms with Crippen LogP contribution in [0.25, 0.3) is 55.8 Å². The number of nitrogens with two attached hydrogens (primary N) is 1. The molecule has 2 aliphatic heterocycles. The average Bonchev–Trinajstić information content (AvgIpc) is 3.41. The van der Waals surface area contributed by atoms with Crippen molar-refractivity contribution in [2.24, 2.45) is 0 Å². The van der Waals surface area contributed by atoms with Crippen molar-refractivity contribution >= 4 is 74.7 Å². The van der Waals surface area contributed by atoms with E-state index in [1.54, 1.807) is 55.8 Å². The molecule has 11 rings (SSSR count). The van der Waals surface area contributed by atoms with E-state index in [0.717, 1.165) is 12.1 Å². The number of morpholine rings is 2. The molecule has 0 spiro atoms. The molecule has 9 heterocycles. The van der Waals surface area contributed by atoms with Crippen molar-refractivity contribution in [3.8, 4) is 34.0 Å². The van der Waals surface area contributed by atoms with Crippen LogP contribution in [0.1, 0.15) is 16.8 Å². The summed E-state index contributed by atoms with van der Waals surface area (Å²) in [7, 11) is -1.74. The molecule has 0 unspecified atom stereocenters. The van der Waals surface area contributed by atoms with Crippen LogP contribution in [0.5, 0.6) is 0 Å². The van der Waals surface area contributed by atoms with E-state index in [9.17, 15) is 18.8 Å². The molecule has 22 heteroatoms. The first-order valence-electron chi connectivity index (χ1n) is 23.9. The number of ether oxygens (including phenoxy) is 2. The van der Waals surface area contributed by atoms with E-state index >= 15 is 8.78 Å². The summed E-state index contributed by atoms with van der Waals surface area (Å²) >= 11 is 0. The summed E-state index contributed by atoms with van der Waals surface area (Å²) in [5, 5.41) is 26.4. The summed E-state index contributed by atoms with van der Waals surface area (Å²) in [5.74, 6) is -1.59. The van der Waals surface area contributed by atoms with Crippen LogP contribution in [0.15, 0.2) is 104 Å². The number of hydrogen-bond donors (Lipinski definition) is 5. The van der Waals surface area contributed by atoms with Crippen LogP contribution < -0.4 is 31.6 Å². The number of fused-ring (bicyclic) bond motifs is 2. The molecule has 17 nitrogen and oxygen atoms in total. The number of aromatic nitrogens is 8. The van der Waals surface area contributed by atoms with Gasteiger partial charge in [-0.05, 0) is 63.2 Å². The van der Waals surface area contributed by atoms with Gasteiger partial charge < -0.3 is 45.7 Å². The van der Waals surface area contributed by atoms with Crippen LogP contribution in [-0.4, -0.2) is 110 Å². The van der Waals surface area contributed by atoms with Crippen LogP contribution in [0, 0.1) is 44.0 Å². The van der Waals surface area contributed by atoms with Crippen LogP contribution in [0.3, 0.4) is 0 Å². The number of aryl methyl sites for hydroxylation is 1. The number of nitrogen functional groups attached to an aromatic ring is 1. The zero-order chi connectivity index (χ0) is 52.3. The number of pyridine rings is 6. The summed E-state index contributed by atoms with van der Waals surface area (Å²) < 4.78 is 70.0. The number of nitrogens with one attached hydrogen (secondary N) is 2. The predicted molar refractivity (Wildman–Crippen MR) is 280 cm³/mol. The van der Waals surface area contributed by atoms with Gasteiger partial charge in [0.15, 0.2) is 11.6 Å². The minimum Gasteiger partial charge on any atom is -0.423 e. The predicted octanol–water partition coefficient (Wildman–Crippen LogP) is 7.74. The fourth-order valence-electron chi connectivity index (χ4n) is 9.09. The third kappa shape index (κ3) is 10.7.